The summed E-state index contributed by atoms with van der Waals surface area (Å²) in [6, 6.07) is -0.954. The minimum Gasteiger partial charge on any atom is -0.480 e. The Morgan fingerprint density at radius 3 is 2.75 bits per heavy atom. The molecule has 0 saturated carbocycles. The van der Waals surface area contributed by atoms with Crippen molar-refractivity contribution < 1.29 is 14.7 Å². The smallest absolute Gasteiger partial charge is 0.327 e. The van der Waals surface area contributed by atoms with Crippen LogP contribution in [0.3, 0.4) is 0 Å². The molecule has 0 aromatic heterocycles. The number of urea groups is 1. The van der Waals surface area contributed by atoms with Gasteiger partial charge in [0.1, 0.15) is 6.04 Å². The van der Waals surface area contributed by atoms with Gasteiger partial charge in [-0.25, -0.2) is 9.59 Å². The van der Waals surface area contributed by atoms with E-state index in [-0.39, 0.29) is 11.4 Å². The molecule has 2 rings (SSSR count). The van der Waals surface area contributed by atoms with Crippen LogP contribution in [0.25, 0.3) is 0 Å². The number of amides is 2. The molecule has 0 bridgehead atoms. The van der Waals surface area contributed by atoms with Crippen LogP contribution >= 0.6 is 11.8 Å². The van der Waals surface area contributed by atoms with E-state index in [0.29, 0.717) is 18.3 Å². The first-order chi connectivity index (χ1) is 9.42. The van der Waals surface area contributed by atoms with E-state index >= 15 is 0 Å². The third-order valence-electron chi connectivity index (χ3n) is 4.27. The SMILES string of the molecule is CC1(C)CCCN(C(=O)NCC2CCCS2)C1C(=O)O. The fraction of sp³-hybridized carbons (Fsp3) is 0.857. The van der Waals surface area contributed by atoms with Crippen molar-refractivity contribution >= 4 is 23.8 Å². The molecule has 20 heavy (non-hydrogen) atoms. The Bertz CT molecular complexity index is 381. The summed E-state index contributed by atoms with van der Waals surface area (Å²) in [6.45, 7) is 5.03. The largest absolute Gasteiger partial charge is 0.480 e. The third-order valence-corrected chi connectivity index (χ3v) is 5.67. The maximum absolute atomic E-state index is 12.3. The number of nitrogens with one attached hydrogen (secondary N) is 1. The van der Waals surface area contributed by atoms with Crippen LogP contribution in [0, 0.1) is 5.41 Å². The summed E-state index contributed by atoms with van der Waals surface area (Å²) in [5.41, 5.74) is -0.371. The van der Waals surface area contributed by atoms with E-state index in [4.69, 9.17) is 0 Å². The zero-order valence-electron chi connectivity index (χ0n) is 12.2. The van der Waals surface area contributed by atoms with Crippen LogP contribution in [0.5, 0.6) is 0 Å². The molecule has 2 aliphatic rings. The van der Waals surface area contributed by atoms with Crippen LogP contribution in [0.4, 0.5) is 4.79 Å². The summed E-state index contributed by atoms with van der Waals surface area (Å²) < 4.78 is 0. The van der Waals surface area contributed by atoms with Gasteiger partial charge in [0.05, 0.1) is 0 Å². The highest BCUT2D eigenvalue weighted by Gasteiger charge is 2.44. The Morgan fingerprint density at radius 2 is 2.15 bits per heavy atom. The number of rotatable bonds is 3. The Morgan fingerprint density at radius 1 is 1.40 bits per heavy atom. The Labute approximate surface area is 124 Å². The first-order valence-electron chi connectivity index (χ1n) is 7.31. The van der Waals surface area contributed by atoms with Crippen molar-refractivity contribution in [2.75, 3.05) is 18.8 Å². The first kappa shape index (κ1) is 15.5. The highest BCUT2D eigenvalue weighted by molar-refractivity contribution is 8.00. The van der Waals surface area contributed by atoms with Crippen molar-refractivity contribution in [3.8, 4) is 0 Å². The lowest BCUT2D eigenvalue weighted by Gasteiger charge is -2.43. The second kappa shape index (κ2) is 6.24. The highest BCUT2D eigenvalue weighted by atomic mass is 32.2. The van der Waals surface area contributed by atoms with Crippen molar-refractivity contribution in [2.45, 2.75) is 50.8 Å². The normalized spacial score (nSPS) is 29.2. The summed E-state index contributed by atoms with van der Waals surface area (Å²) in [4.78, 5) is 25.3. The predicted molar refractivity (Wildman–Crippen MR) is 80.0 cm³/mol. The minimum atomic E-state index is -0.903. The molecule has 0 aromatic rings. The molecule has 0 spiro atoms. The van der Waals surface area contributed by atoms with Crippen LogP contribution in [-0.2, 0) is 4.79 Å². The van der Waals surface area contributed by atoms with Gasteiger partial charge in [-0.2, -0.15) is 11.8 Å². The van der Waals surface area contributed by atoms with Crippen LogP contribution in [0.15, 0.2) is 0 Å². The fourth-order valence-electron chi connectivity index (χ4n) is 3.19. The zero-order chi connectivity index (χ0) is 14.8. The average Bonchev–Trinajstić information content (AvgIpc) is 2.86. The molecule has 2 amide bonds. The maximum atomic E-state index is 12.3. The molecule has 0 radical (unpaired) electrons. The molecule has 5 nitrogen and oxygen atoms in total. The second-order valence-corrected chi connectivity index (χ2v) is 7.76. The van der Waals surface area contributed by atoms with E-state index in [1.54, 1.807) is 0 Å². The first-order valence-corrected chi connectivity index (χ1v) is 8.35. The number of nitrogens with zero attached hydrogens (tertiary/aromatic N) is 1. The molecule has 2 fully saturated rings. The summed E-state index contributed by atoms with van der Waals surface area (Å²) in [6.07, 6.45) is 4.05. The molecule has 2 atom stereocenters. The number of aliphatic carboxylic acids is 1. The molecule has 2 saturated heterocycles. The van der Waals surface area contributed by atoms with E-state index in [1.807, 2.05) is 25.6 Å². The van der Waals surface area contributed by atoms with Crippen LogP contribution in [-0.4, -0.2) is 52.1 Å². The lowest BCUT2D eigenvalue weighted by atomic mass is 9.76. The van der Waals surface area contributed by atoms with Gasteiger partial charge in [0, 0.05) is 18.3 Å². The standard InChI is InChI=1S/C14H24N2O3S/c1-14(2)6-4-7-16(11(14)12(17)18)13(19)15-9-10-5-3-8-20-10/h10-11H,3-9H2,1-2H3,(H,15,19)(H,17,18). The number of hydrogen-bond acceptors (Lipinski definition) is 3. The second-order valence-electron chi connectivity index (χ2n) is 6.35. The molecule has 0 aromatic carbocycles. The van der Waals surface area contributed by atoms with E-state index < -0.39 is 12.0 Å². The van der Waals surface area contributed by atoms with Crippen LogP contribution in [0.2, 0.25) is 0 Å². The number of carbonyl (C=O) groups is 2. The van der Waals surface area contributed by atoms with E-state index in [2.05, 4.69) is 5.32 Å². The quantitative estimate of drug-likeness (QED) is 0.838. The Hall–Kier alpha value is -0.910. The summed E-state index contributed by atoms with van der Waals surface area (Å²) in [5.74, 6) is 0.259. The third kappa shape index (κ3) is 3.40. The van der Waals surface area contributed by atoms with Crippen molar-refractivity contribution in [1.29, 1.82) is 0 Å². The summed E-state index contributed by atoms with van der Waals surface area (Å²) >= 11 is 1.89. The average molecular weight is 300 g/mol. The van der Waals surface area contributed by atoms with E-state index in [0.717, 1.165) is 25.0 Å². The topological polar surface area (TPSA) is 69.6 Å². The monoisotopic (exact) mass is 300 g/mol. The number of likely N-dealkylation sites (tertiary alicyclic amines) is 1. The Kier molecular flexibility index (Phi) is 4.83. The van der Waals surface area contributed by atoms with Gasteiger partial charge in [0.2, 0.25) is 0 Å². The number of carboxylic acids is 1. The highest BCUT2D eigenvalue weighted by Crippen LogP contribution is 2.35. The van der Waals surface area contributed by atoms with Crippen molar-refractivity contribution in [2.24, 2.45) is 5.41 Å². The number of carboxylic acid groups (broad SMARTS) is 1. The zero-order valence-corrected chi connectivity index (χ0v) is 13.0. The molecule has 2 N–H and O–H groups in total. The molecule has 0 aliphatic carbocycles. The molecule has 114 valence electrons. The van der Waals surface area contributed by atoms with Gasteiger partial charge >= 0.3 is 12.0 Å². The lowest BCUT2D eigenvalue weighted by molar-refractivity contribution is -0.148. The van der Waals surface area contributed by atoms with Crippen LogP contribution in [0.1, 0.15) is 39.5 Å². The van der Waals surface area contributed by atoms with Gasteiger partial charge in [-0.1, -0.05) is 13.8 Å². The van der Waals surface area contributed by atoms with Gasteiger partial charge in [0.25, 0.3) is 0 Å². The summed E-state index contributed by atoms with van der Waals surface area (Å²) in [5, 5.41) is 12.9. The lowest BCUT2D eigenvalue weighted by Crippen LogP contribution is -2.59. The van der Waals surface area contributed by atoms with E-state index in [1.165, 1.54) is 11.3 Å². The van der Waals surface area contributed by atoms with Gasteiger partial charge in [-0.3, -0.25) is 0 Å². The number of hydrogen-bond donors (Lipinski definition) is 2. The Balaban J connectivity index is 1.97. The van der Waals surface area contributed by atoms with E-state index in [9.17, 15) is 14.7 Å². The molecule has 2 heterocycles. The number of piperidine rings is 1. The van der Waals surface area contributed by atoms with Gasteiger partial charge < -0.3 is 15.3 Å². The molecule has 6 heteroatoms. The number of thioether (sulfide) groups is 1. The summed E-state index contributed by atoms with van der Waals surface area (Å²) in [7, 11) is 0. The molecule has 2 aliphatic heterocycles. The molecular weight excluding hydrogens is 276 g/mol. The molecular formula is C14H24N2O3S. The fourth-order valence-corrected chi connectivity index (χ4v) is 4.39. The van der Waals surface area contributed by atoms with Crippen molar-refractivity contribution in [3.05, 3.63) is 0 Å². The maximum Gasteiger partial charge on any atom is 0.327 e. The van der Waals surface area contributed by atoms with Gasteiger partial charge in [-0.15, -0.1) is 0 Å². The van der Waals surface area contributed by atoms with Crippen molar-refractivity contribution in [3.63, 3.8) is 0 Å². The number of carbonyl (C=O) groups excluding carboxylic acids is 1. The van der Waals surface area contributed by atoms with Gasteiger partial charge in [-0.05, 0) is 36.9 Å². The van der Waals surface area contributed by atoms with Gasteiger partial charge in [0.15, 0.2) is 0 Å². The molecule has 2 unspecified atom stereocenters. The van der Waals surface area contributed by atoms with Crippen molar-refractivity contribution in [1.82, 2.24) is 10.2 Å². The van der Waals surface area contributed by atoms with Crippen LogP contribution < -0.4 is 5.32 Å². The minimum absolute atomic E-state index is 0.224. The predicted octanol–water partition coefficient (Wildman–Crippen LogP) is 2.17.